The second-order valence-corrected chi connectivity index (χ2v) is 8.99. The van der Waals surface area contributed by atoms with Gasteiger partial charge in [-0.1, -0.05) is 10.2 Å². The van der Waals surface area contributed by atoms with Gasteiger partial charge in [-0.15, -0.1) is 11.6 Å². The number of alkyl halides is 7. The van der Waals surface area contributed by atoms with Gasteiger partial charge in [-0.25, -0.2) is 19.6 Å². The van der Waals surface area contributed by atoms with E-state index in [1.807, 2.05) is 0 Å². The normalized spacial score (nSPS) is 34.4. The van der Waals surface area contributed by atoms with Crippen LogP contribution in [-0.2, 0) is 14.3 Å². The summed E-state index contributed by atoms with van der Waals surface area (Å²) in [7, 11) is 0. The Labute approximate surface area is 227 Å². The number of ether oxygens (including phenoxy) is 1. The van der Waals surface area contributed by atoms with Gasteiger partial charge in [0.15, 0.2) is 23.9 Å². The third-order valence-corrected chi connectivity index (χ3v) is 6.91. The topological polar surface area (TPSA) is 302 Å². The van der Waals surface area contributed by atoms with Crippen molar-refractivity contribution in [2.75, 3.05) is 13.1 Å². The van der Waals surface area contributed by atoms with E-state index in [-0.39, 0.29) is 25.0 Å². The van der Waals surface area contributed by atoms with Crippen LogP contribution in [0.3, 0.4) is 0 Å². The van der Waals surface area contributed by atoms with Gasteiger partial charge < -0.3 is 42.2 Å². The zero-order chi connectivity index (χ0) is 31.6. The van der Waals surface area contributed by atoms with E-state index in [1.165, 1.54) is 0 Å². The second-order valence-electron chi connectivity index (χ2n) is 8.52. The van der Waals surface area contributed by atoms with E-state index >= 15 is 0 Å². The Morgan fingerprint density at radius 3 is 1.80 bits per heavy atom. The van der Waals surface area contributed by atoms with Crippen molar-refractivity contribution < 1.29 is 56.0 Å². The van der Waals surface area contributed by atoms with Crippen LogP contribution in [0.15, 0.2) is 20.2 Å². The summed E-state index contributed by atoms with van der Waals surface area (Å²) in [4.78, 5) is 31.8. The monoisotopic (exact) mass is 624 g/mol. The molecule has 2 fully saturated rings. The van der Waals surface area contributed by atoms with Crippen molar-refractivity contribution in [3.8, 4) is 0 Å². The van der Waals surface area contributed by atoms with E-state index in [2.05, 4.69) is 40.7 Å². The van der Waals surface area contributed by atoms with Gasteiger partial charge in [0.25, 0.3) is 0 Å². The number of rotatable bonds is 4. The molecule has 3 heterocycles. The van der Waals surface area contributed by atoms with Crippen LogP contribution in [0.1, 0.15) is 0 Å². The zero-order valence-corrected chi connectivity index (χ0v) is 20.6. The molecule has 228 valence electrons. The van der Waals surface area contributed by atoms with Crippen LogP contribution in [0.2, 0.25) is 0 Å². The van der Waals surface area contributed by atoms with Crippen LogP contribution < -0.4 is 22.1 Å². The van der Waals surface area contributed by atoms with Gasteiger partial charge in [0.2, 0.25) is 6.23 Å². The highest BCUT2D eigenvalue weighted by atomic mass is 35.5. The summed E-state index contributed by atoms with van der Waals surface area (Å²) < 4.78 is 69.3. The number of guanidine groups is 2. The Hall–Kier alpha value is -4.11. The smallest absolute Gasteiger partial charge is 0.475 e. The first-order valence-electron chi connectivity index (χ1n) is 10.6. The fourth-order valence-electron chi connectivity index (χ4n) is 4.91. The van der Waals surface area contributed by atoms with E-state index in [9.17, 15) is 31.4 Å². The van der Waals surface area contributed by atoms with E-state index < -0.39 is 71.1 Å². The number of hydrogen-bond acceptors (Lipinski definition) is 12. The summed E-state index contributed by atoms with van der Waals surface area (Å²) in [6.45, 7) is 0.0304. The highest BCUT2D eigenvalue weighted by Gasteiger charge is 2.76. The van der Waals surface area contributed by atoms with E-state index in [0.717, 1.165) is 0 Å². The van der Waals surface area contributed by atoms with Gasteiger partial charge in [0, 0.05) is 28.8 Å². The molecule has 18 nitrogen and oxygen atoms in total. The van der Waals surface area contributed by atoms with Gasteiger partial charge in [-0.05, 0) is 22.9 Å². The summed E-state index contributed by atoms with van der Waals surface area (Å²) in [6.07, 6.45) is -12.1. The molecule has 4 rings (SSSR count). The lowest BCUT2D eigenvalue weighted by Gasteiger charge is -2.51. The third-order valence-electron chi connectivity index (χ3n) is 6.22. The van der Waals surface area contributed by atoms with Gasteiger partial charge in [-0.2, -0.15) is 26.3 Å². The van der Waals surface area contributed by atoms with Crippen molar-refractivity contribution in [2.45, 2.75) is 41.4 Å². The number of fused-ring (bicyclic) bond motifs is 2. The first kappa shape index (κ1) is 33.1. The lowest BCUT2D eigenvalue weighted by Crippen LogP contribution is -2.75. The number of aliphatic hydroxyl groups is 1. The maximum atomic E-state index is 11.5. The SMILES string of the molecule is O=C(O)C(F)(F)F.O=C(O)C(F)(F)F.[N-]=[N+]=NC[C@@H]1[C@@H](CN=[N+]=[N-])[C@H](Cl)[C@]23NC(N)=N[C@H]2O[C@H]2N=C(N)N[C@@]2(O)[C@@H]13. The van der Waals surface area contributed by atoms with Crippen molar-refractivity contribution >= 4 is 35.5 Å². The van der Waals surface area contributed by atoms with Gasteiger partial charge >= 0.3 is 24.3 Å². The summed E-state index contributed by atoms with van der Waals surface area (Å²) in [6, 6.07) is 0. The summed E-state index contributed by atoms with van der Waals surface area (Å²) in [5.41, 5.74) is 26.4. The molecule has 0 unspecified atom stereocenters. The molecule has 1 aliphatic carbocycles. The molecule has 1 saturated carbocycles. The molecule has 1 spiro atoms. The Morgan fingerprint density at radius 1 is 0.951 bits per heavy atom. The van der Waals surface area contributed by atoms with Crippen LogP contribution in [0, 0.1) is 17.8 Å². The molecule has 1 saturated heterocycles. The molecular weight excluding hydrogens is 606 g/mol. The van der Waals surface area contributed by atoms with Crippen LogP contribution in [0.5, 0.6) is 0 Å². The van der Waals surface area contributed by atoms with Gasteiger partial charge in [-0.3, -0.25) is 0 Å². The van der Waals surface area contributed by atoms with Gasteiger partial charge in [0.1, 0.15) is 5.54 Å². The molecule has 41 heavy (non-hydrogen) atoms. The predicted octanol–water partition coefficient (Wildman–Crippen LogP) is 0.289. The highest BCUT2D eigenvalue weighted by molar-refractivity contribution is 6.22. The number of nitrogens with zero attached hydrogens (tertiary/aromatic N) is 8. The maximum absolute atomic E-state index is 11.5. The Balaban J connectivity index is 0.000000349. The van der Waals surface area contributed by atoms with Crippen molar-refractivity contribution in [1.29, 1.82) is 0 Å². The van der Waals surface area contributed by atoms with Crippen molar-refractivity contribution in [3.63, 3.8) is 0 Å². The Kier molecular flexibility index (Phi) is 9.51. The second kappa shape index (κ2) is 11.8. The molecular formula is C16H19ClF6N12O6. The number of aliphatic imine (C=N–C) groups is 2. The summed E-state index contributed by atoms with van der Waals surface area (Å²) >= 11 is 6.81. The molecule has 0 aromatic heterocycles. The number of carboxylic acid groups (broad SMARTS) is 2. The molecule has 3 aliphatic heterocycles. The van der Waals surface area contributed by atoms with Crippen molar-refractivity contribution in [2.24, 2.45) is 49.4 Å². The molecule has 0 radical (unpaired) electrons. The first-order chi connectivity index (χ1) is 18.8. The third kappa shape index (κ3) is 6.46. The zero-order valence-electron chi connectivity index (χ0n) is 19.8. The highest BCUT2D eigenvalue weighted by Crippen LogP contribution is 2.59. The molecule has 25 heteroatoms. The van der Waals surface area contributed by atoms with Gasteiger partial charge in [0.05, 0.1) is 5.38 Å². The van der Waals surface area contributed by atoms with Crippen molar-refractivity contribution in [1.82, 2.24) is 10.6 Å². The minimum atomic E-state index is -5.08. The maximum Gasteiger partial charge on any atom is 0.490 e. The summed E-state index contributed by atoms with van der Waals surface area (Å²) in [5, 5.41) is 38.1. The number of aliphatic carboxylic acids is 2. The average Bonchev–Trinajstić information content (AvgIpc) is 3.40. The number of halogens is 7. The van der Waals surface area contributed by atoms with Crippen molar-refractivity contribution in [3.05, 3.63) is 20.9 Å². The molecule has 0 bridgehead atoms. The lowest BCUT2D eigenvalue weighted by molar-refractivity contribution is -0.233. The molecule has 8 atom stereocenters. The minimum absolute atomic E-state index is 0.00160. The summed E-state index contributed by atoms with van der Waals surface area (Å²) in [5.74, 6) is -7.07. The van der Waals surface area contributed by atoms with E-state index in [0.29, 0.717) is 0 Å². The molecule has 0 aromatic carbocycles. The van der Waals surface area contributed by atoms with Crippen LogP contribution in [0.25, 0.3) is 20.9 Å². The number of carboxylic acids is 2. The average molecular weight is 625 g/mol. The standard InChI is InChI=1S/C12H17ClN12O2.2C2HF3O2/c13-6-4(2-19-25-17)3(1-18-24-16)5-11(6)7(20-9(14)22-11)27-8-12(5,26)23-10(15)21-8;2*3-2(4,5)1(6)7/h3-8,26H,1-2H2,(H3,14,20,22)(H3,15,21,23);2*(H,6,7)/t3-,4-,5+,6+,7+,8-,11+,12-;;/m1../s1. The predicted molar refractivity (Wildman–Crippen MR) is 121 cm³/mol. The van der Waals surface area contributed by atoms with E-state index in [1.54, 1.807) is 0 Å². The van der Waals surface area contributed by atoms with E-state index in [4.69, 9.17) is 58.7 Å². The van der Waals surface area contributed by atoms with Crippen LogP contribution in [0.4, 0.5) is 26.3 Å². The quantitative estimate of drug-likeness (QED) is 0.0736. The lowest BCUT2D eigenvalue weighted by atomic mass is 9.72. The number of nitrogens with two attached hydrogens (primary N) is 2. The molecule has 0 amide bonds. The number of nitrogens with one attached hydrogen (secondary N) is 2. The van der Waals surface area contributed by atoms with Crippen LogP contribution >= 0.6 is 11.6 Å². The molecule has 9 N–H and O–H groups in total. The number of carbonyl (C=O) groups is 2. The fourth-order valence-corrected chi connectivity index (χ4v) is 5.47. The Bertz CT molecular complexity index is 1180. The fraction of sp³-hybridized carbons (Fsp3) is 0.750. The largest absolute Gasteiger partial charge is 0.490 e. The van der Waals surface area contributed by atoms with Crippen LogP contribution in [-0.4, -0.2) is 93.7 Å². The Morgan fingerprint density at radius 2 is 1.37 bits per heavy atom. The first-order valence-corrected chi connectivity index (χ1v) is 11.1. The molecule has 4 aliphatic rings. The number of azide groups is 2. The molecule has 0 aromatic rings. The number of hydrogen-bond donors (Lipinski definition) is 7. The minimum Gasteiger partial charge on any atom is -0.475 e.